The van der Waals surface area contributed by atoms with Gasteiger partial charge in [0.05, 0.1) is 11.9 Å². The Hall–Kier alpha value is -1.77. The summed E-state index contributed by atoms with van der Waals surface area (Å²) in [5.74, 6) is 0. The SMILES string of the molecule is Cc1ccc(NCc2ccn(C)c2)cn1. The van der Waals surface area contributed by atoms with Crippen LogP contribution in [0.5, 0.6) is 0 Å². The lowest BCUT2D eigenvalue weighted by atomic mass is 10.3. The molecule has 2 heterocycles. The Bertz CT molecular complexity index is 428. The first kappa shape index (κ1) is 9.77. The average molecular weight is 201 g/mol. The third-order valence-corrected chi connectivity index (χ3v) is 2.30. The molecule has 15 heavy (non-hydrogen) atoms. The standard InChI is InChI=1S/C12H15N3/c1-10-3-4-12(8-13-10)14-7-11-5-6-15(2)9-11/h3-6,8-9,14H,7H2,1-2H3. The molecule has 0 aliphatic heterocycles. The number of nitrogens with one attached hydrogen (secondary N) is 1. The number of nitrogens with zero attached hydrogens (tertiary/aromatic N) is 2. The molecule has 0 saturated heterocycles. The molecule has 78 valence electrons. The van der Waals surface area contributed by atoms with Crippen LogP contribution in [0.15, 0.2) is 36.8 Å². The van der Waals surface area contributed by atoms with Gasteiger partial charge < -0.3 is 9.88 Å². The fourth-order valence-corrected chi connectivity index (χ4v) is 1.44. The van der Waals surface area contributed by atoms with Crippen LogP contribution in [0.25, 0.3) is 0 Å². The van der Waals surface area contributed by atoms with E-state index in [9.17, 15) is 0 Å². The van der Waals surface area contributed by atoms with Crippen LogP contribution < -0.4 is 5.32 Å². The van der Waals surface area contributed by atoms with E-state index in [4.69, 9.17) is 0 Å². The topological polar surface area (TPSA) is 29.9 Å². The van der Waals surface area contributed by atoms with E-state index in [-0.39, 0.29) is 0 Å². The van der Waals surface area contributed by atoms with E-state index >= 15 is 0 Å². The van der Waals surface area contributed by atoms with Gasteiger partial charge in [0, 0.05) is 31.7 Å². The number of hydrogen-bond acceptors (Lipinski definition) is 2. The molecule has 3 nitrogen and oxygen atoms in total. The monoisotopic (exact) mass is 201 g/mol. The van der Waals surface area contributed by atoms with Crippen LogP contribution in [0.1, 0.15) is 11.3 Å². The molecule has 0 fully saturated rings. The van der Waals surface area contributed by atoms with Crippen molar-refractivity contribution in [3.8, 4) is 0 Å². The summed E-state index contributed by atoms with van der Waals surface area (Å²) in [4.78, 5) is 4.23. The maximum absolute atomic E-state index is 4.23. The number of anilines is 1. The third-order valence-electron chi connectivity index (χ3n) is 2.30. The van der Waals surface area contributed by atoms with E-state index in [0.29, 0.717) is 0 Å². The van der Waals surface area contributed by atoms with Gasteiger partial charge in [-0.05, 0) is 30.7 Å². The van der Waals surface area contributed by atoms with Crippen LogP contribution in [0.3, 0.4) is 0 Å². The molecule has 1 N–H and O–H groups in total. The second kappa shape index (κ2) is 4.17. The Morgan fingerprint density at radius 3 is 2.80 bits per heavy atom. The maximum atomic E-state index is 4.23. The summed E-state index contributed by atoms with van der Waals surface area (Å²) < 4.78 is 2.05. The average Bonchev–Trinajstić information content (AvgIpc) is 2.64. The number of rotatable bonds is 3. The predicted octanol–water partition coefficient (Wildman–Crippen LogP) is 2.34. The zero-order valence-electron chi connectivity index (χ0n) is 9.07. The minimum atomic E-state index is 0.839. The van der Waals surface area contributed by atoms with E-state index in [1.54, 1.807) is 0 Å². The van der Waals surface area contributed by atoms with Crippen molar-refractivity contribution in [3.05, 3.63) is 48.0 Å². The lowest BCUT2D eigenvalue weighted by Gasteiger charge is -2.04. The Balaban J connectivity index is 1.96. The van der Waals surface area contributed by atoms with Crippen molar-refractivity contribution < 1.29 is 0 Å². The molecule has 2 aromatic rings. The van der Waals surface area contributed by atoms with Crippen LogP contribution in [-0.4, -0.2) is 9.55 Å². The smallest absolute Gasteiger partial charge is 0.0529 e. The second-order valence-corrected chi connectivity index (χ2v) is 3.73. The van der Waals surface area contributed by atoms with Gasteiger partial charge in [-0.1, -0.05) is 0 Å². The quantitative estimate of drug-likeness (QED) is 0.826. The van der Waals surface area contributed by atoms with E-state index in [1.807, 2.05) is 43.1 Å². The number of aryl methyl sites for hydroxylation is 2. The summed E-state index contributed by atoms with van der Waals surface area (Å²) in [5.41, 5.74) is 3.38. The van der Waals surface area contributed by atoms with Crippen molar-refractivity contribution in [1.29, 1.82) is 0 Å². The van der Waals surface area contributed by atoms with Gasteiger partial charge in [-0.2, -0.15) is 0 Å². The molecule has 0 amide bonds. The zero-order valence-corrected chi connectivity index (χ0v) is 9.07. The van der Waals surface area contributed by atoms with Gasteiger partial charge in [-0.15, -0.1) is 0 Å². The van der Waals surface area contributed by atoms with Crippen molar-refractivity contribution in [2.45, 2.75) is 13.5 Å². The van der Waals surface area contributed by atoms with Crippen LogP contribution in [0.4, 0.5) is 5.69 Å². The van der Waals surface area contributed by atoms with E-state index < -0.39 is 0 Å². The van der Waals surface area contributed by atoms with Gasteiger partial charge in [0.25, 0.3) is 0 Å². The summed E-state index contributed by atoms with van der Waals surface area (Å²) in [6.07, 6.45) is 6.01. The number of hydrogen-bond donors (Lipinski definition) is 1. The second-order valence-electron chi connectivity index (χ2n) is 3.73. The molecular weight excluding hydrogens is 186 g/mol. The summed E-state index contributed by atoms with van der Waals surface area (Å²) in [6, 6.07) is 6.16. The van der Waals surface area contributed by atoms with E-state index in [1.165, 1.54) is 5.56 Å². The van der Waals surface area contributed by atoms with Gasteiger partial charge >= 0.3 is 0 Å². The Labute approximate surface area is 89.8 Å². The highest BCUT2D eigenvalue weighted by atomic mass is 14.9. The van der Waals surface area contributed by atoms with Crippen molar-refractivity contribution in [2.24, 2.45) is 7.05 Å². The molecule has 0 bridgehead atoms. The highest BCUT2D eigenvalue weighted by Crippen LogP contribution is 2.08. The van der Waals surface area contributed by atoms with Crippen molar-refractivity contribution in [1.82, 2.24) is 9.55 Å². The van der Waals surface area contributed by atoms with Crippen LogP contribution in [0.2, 0.25) is 0 Å². The summed E-state index contributed by atoms with van der Waals surface area (Å²) in [5, 5.41) is 3.33. The molecule has 2 rings (SSSR count). The summed E-state index contributed by atoms with van der Waals surface area (Å²) in [6.45, 7) is 2.83. The minimum Gasteiger partial charge on any atom is -0.380 e. The zero-order chi connectivity index (χ0) is 10.7. The molecule has 0 aliphatic carbocycles. The Kier molecular flexibility index (Phi) is 2.72. The molecule has 0 aromatic carbocycles. The lowest BCUT2D eigenvalue weighted by Crippen LogP contribution is -1.98. The molecule has 0 aliphatic rings. The summed E-state index contributed by atoms with van der Waals surface area (Å²) in [7, 11) is 2.02. The highest BCUT2D eigenvalue weighted by molar-refractivity contribution is 5.41. The van der Waals surface area contributed by atoms with Crippen LogP contribution in [-0.2, 0) is 13.6 Å². The first-order chi connectivity index (χ1) is 7.24. The fraction of sp³-hybridized carbons (Fsp3) is 0.250. The Morgan fingerprint density at radius 1 is 1.33 bits per heavy atom. The Morgan fingerprint density at radius 2 is 2.20 bits per heavy atom. The molecule has 0 radical (unpaired) electrons. The van der Waals surface area contributed by atoms with Crippen molar-refractivity contribution in [3.63, 3.8) is 0 Å². The number of aromatic nitrogens is 2. The first-order valence-corrected chi connectivity index (χ1v) is 5.01. The van der Waals surface area contributed by atoms with Crippen LogP contribution in [0, 0.1) is 6.92 Å². The molecule has 0 spiro atoms. The van der Waals surface area contributed by atoms with Crippen LogP contribution >= 0.6 is 0 Å². The van der Waals surface area contributed by atoms with Gasteiger partial charge in [0.1, 0.15) is 0 Å². The maximum Gasteiger partial charge on any atom is 0.0529 e. The molecular formula is C12H15N3. The van der Waals surface area contributed by atoms with Gasteiger partial charge in [-0.25, -0.2) is 0 Å². The molecule has 3 heteroatoms. The minimum absolute atomic E-state index is 0.839. The molecule has 0 atom stereocenters. The fourth-order valence-electron chi connectivity index (χ4n) is 1.44. The molecule has 2 aromatic heterocycles. The van der Waals surface area contributed by atoms with Gasteiger partial charge in [0.2, 0.25) is 0 Å². The predicted molar refractivity (Wildman–Crippen MR) is 61.7 cm³/mol. The largest absolute Gasteiger partial charge is 0.380 e. The van der Waals surface area contributed by atoms with Gasteiger partial charge in [0.15, 0.2) is 0 Å². The lowest BCUT2D eigenvalue weighted by molar-refractivity contribution is 0.920. The normalized spacial score (nSPS) is 10.3. The highest BCUT2D eigenvalue weighted by Gasteiger charge is 1.95. The van der Waals surface area contributed by atoms with Crippen molar-refractivity contribution >= 4 is 5.69 Å². The van der Waals surface area contributed by atoms with E-state index in [2.05, 4.69) is 22.6 Å². The van der Waals surface area contributed by atoms with E-state index in [0.717, 1.165) is 17.9 Å². The first-order valence-electron chi connectivity index (χ1n) is 5.01. The number of pyridine rings is 1. The molecule has 0 unspecified atom stereocenters. The molecule has 0 saturated carbocycles. The van der Waals surface area contributed by atoms with Crippen molar-refractivity contribution in [2.75, 3.05) is 5.32 Å². The van der Waals surface area contributed by atoms with Gasteiger partial charge in [-0.3, -0.25) is 4.98 Å². The summed E-state index contributed by atoms with van der Waals surface area (Å²) >= 11 is 0. The third kappa shape index (κ3) is 2.59.